The molecule has 6 nitrogen and oxygen atoms in total. The maximum absolute atomic E-state index is 11.5. The van der Waals surface area contributed by atoms with Crippen molar-refractivity contribution in [1.29, 1.82) is 0 Å². The number of aliphatic imine (C=N–C) groups is 1. The van der Waals surface area contributed by atoms with Crippen molar-refractivity contribution in [3.8, 4) is 0 Å². The standard InChI is InChI=1S/C22H26N4O2/c1-23-22(25-16-17-8-10-19(11-9-17)21(27)28-2)24-13-5-14-26-15-12-18-6-3-4-7-20(18)26/h3-4,6-12,15H,5,13-14,16H2,1-2H3,(H2,23,24,25). The molecule has 0 saturated heterocycles. The van der Waals surface area contributed by atoms with Crippen molar-refractivity contribution in [3.05, 3.63) is 71.9 Å². The second-order valence-electron chi connectivity index (χ2n) is 6.46. The van der Waals surface area contributed by atoms with Crippen LogP contribution in [0.3, 0.4) is 0 Å². The van der Waals surface area contributed by atoms with Gasteiger partial charge in [0, 0.05) is 38.4 Å². The molecule has 0 aliphatic carbocycles. The highest BCUT2D eigenvalue weighted by Crippen LogP contribution is 2.15. The summed E-state index contributed by atoms with van der Waals surface area (Å²) >= 11 is 0. The molecule has 146 valence electrons. The number of hydrogen-bond donors (Lipinski definition) is 2. The molecule has 0 atom stereocenters. The molecule has 0 radical (unpaired) electrons. The number of fused-ring (bicyclic) bond motifs is 1. The van der Waals surface area contributed by atoms with E-state index in [1.165, 1.54) is 18.0 Å². The predicted molar refractivity (Wildman–Crippen MR) is 113 cm³/mol. The number of methoxy groups -OCH3 is 1. The normalized spacial score (nSPS) is 11.4. The van der Waals surface area contributed by atoms with E-state index in [0.717, 1.165) is 31.0 Å². The molecule has 2 aromatic carbocycles. The fourth-order valence-electron chi connectivity index (χ4n) is 3.07. The van der Waals surface area contributed by atoms with Crippen molar-refractivity contribution in [2.45, 2.75) is 19.5 Å². The highest BCUT2D eigenvalue weighted by molar-refractivity contribution is 5.89. The van der Waals surface area contributed by atoms with Gasteiger partial charge in [0.2, 0.25) is 0 Å². The van der Waals surface area contributed by atoms with E-state index in [1.54, 1.807) is 19.2 Å². The van der Waals surface area contributed by atoms with E-state index < -0.39 is 0 Å². The van der Waals surface area contributed by atoms with Crippen molar-refractivity contribution in [3.63, 3.8) is 0 Å². The van der Waals surface area contributed by atoms with Gasteiger partial charge >= 0.3 is 5.97 Å². The van der Waals surface area contributed by atoms with Gasteiger partial charge in [-0.3, -0.25) is 4.99 Å². The zero-order chi connectivity index (χ0) is 19.8. The van der Waals surface area contributed by atoms with Crippen LogP contribution in [0.15, 0.2) is 65.8 Å². The van der Waals surface area contributed by atoms with Gasteiger partial charge in [0.1, 0.15) is 0 Å². The Kier molecular flexibility index (Phi) is 6.68. The van der Waals surface area contributed by atoms with Crippen LogP contribution in [0.2, 0.25) is 0 Å². The largest absolute Gasteiger partial charge is 0.465 e. The molecule has 1 heterocycles. The summed E-state index contributed by atoms with van der Waals surface area (Å²) in [5.74, 6) is 0.432. The van der Waals surface area contributed by atoms with Crippen LogP contribution in [0, 0.1) is 0 Å². The second-order valence-corrected chi connectivity index (χ2v) is 6.46. The number of rotatable bonds is 7. The van der Waals surface area contributed by atoms with Gasteiger partial charge in [-0.15, -0.1) is 0 Å². The van der Waals surface area contributed by atoms with Gasteiger partial charge in [-0.25, -0.2) is 4.79 Å². The maximum atomic E-state index is 11.5. The Morgan fingerprint density at radius 3 is 2.61 bits per heavy atom. The average Bonchev–Trinajstić information content (AvgIpc) is 3.16. The molecule has 0 amide bonds. The minimum atomic E-state index is -0.326. The van der Waals surface area contributed by atoms with E-state index in [-0.39, 0.29) is 5.97 Å². The first-order chi connectivity index (χ1) is 13.7. The fraction of sp³-hybridized carbons (Fsp3) is 0.273. The van der Waals surface area contributed by atoms with Crippen molar-refractivity contribution in [2.75, 3.05) is 20.7 Å². The van der Waals surface area contributed by atoms with Gasteiger partial charge in [-0.2, -0.15) is 0 Å². The van der Waals surface area contributed by atoms with Crippen LogP contribution in [0.5, 0.6) is 0 Å². The molecule has 0 unspecified atom stereocenters. The van der Waals surface area contributed by atoms with Gasteiger partial charge in [0.25, 0.3) is 0 Å². The molecule has 1 aromatic heterocycles. The Bertz CT molecular complexity index is 945. The molecule has 3 aromatic rings. The van der Waals surface area contributed by atoms with Crippen LogP contribution >= 0.6 is 0 Å². The Morgan fingerprint density at radius 1 is 1.07 bits per heavy atom. The van der Waals surface area contributed by atoms with Crippen LogP contribution < -0.4 is 10.6 Å². The van der Waals surface area contributed by atoms with Crippen LogP contribution in [-0.4, -0.2) is 37.2 Å². The zero-order valence-corrected chi connectivity index (χ0v) is 16.3. The summed E-state index contributed by atoms with van der Waals surface area (Å²) in [6.45, 7) is 2.41. The smallest absolute Gasteiger partial charge is 0.337 e. The number of nitrogens with zero attached hydrogens (tertiary/aromatic N) is 2. The number of carbonyl (C=O) groups is 1. The van der Waals surface area contributed by atoms with E-state index in [1.807, 2.05) is 12.1 Å². The lowest BCUT2D eigenvalue weighted by Crippen LogP contribution is -2.37. The third kappa shape index (κ3) is 4.91. The topological polar surface area (TPSA) is 67.7 Å². The quantitative estimate of drug-likeness (QED) is 0.287. The SMILES string of the molecule is CN=C(NCCCn1ccc2ccccc21)NCc1ccc(C(=O)OC)cc1. The lowest BCUT2D eigenvalue weighted by molar-refractivity contribution is 0.0600. The predicted octanol–water partition coefficient (Wildman–Crippen LogP) is 3.18. The summed E-state index contributed by atoms with van der Waals surface area (Å²) in [6.07, 6.45) is 3.13. The number of hydrogen-bond acceptors (Lipinski definition) is 3. The molecule has 0 fully saturated rings. The Morgan fingerprint density at radius 2 is 1.86 bits per heavy atom. The highest BCUT2D eigenvalue weighted by Gasteiger charge is 2.05. The molecule has 2 N–H and O–H groups in total. The number of carbonyl (C=O) groups excluding carboxylic acids is 1. The van der Waals surface area contributed by atoms with Gasteiger partial charge in [0.15, 0.2) is 5.96 Å². The van der Waals surface area contributed by atoms with Crippen LogP contribution in [0.1, 0.15) is 22.3 Å². The third-order valence-electron chi connectivity index (χ3n) is 4.61. The Labute approximate surface area is 165 Å². The first-order valence-corrected chi connectivity index (χ1v) is 9.37. The summed E-state index contributed by atoms with van der Waals surface area (Å²) in [7, 11) is 3.14. The molecule has 0 bridgehead atoms. The van der Waals surface area contributed by atoms with Crippen LogP contribution in [-0.2, 0) is 17.8 Å². The Hall–Kier alpha value is -3.28. The van der Waals surface area contributed by atoms with Gasteiger partial charge < -0.3 is 19.9 Å². The molecule has 0 aliphatic rings. The van der Waals surface area contributed by atoms with Crippen molar-refractivity contribution < 1.29 is 9.53 Å². The molecule has 0 aliphatic heterocycles. The van der Waals surface area contributed by atoms with Crippen molar-refractivity contribution in [2.24, 2.45) is 4.99 Å². The number of esters is 1. The lowest BCUT2D eigenvalue weighted by Gasteiger charge is -2.12. The first-order valence-electron chi connectivity index (χ1n) is 9.37. The van der Waals surface area contributed by atoms with Crippen molar-refractivity contribution in [1.82, 2.24) is 15.2 Å². The van der Waals surface area contributed by atoms with Gasteiger partial charge in [-0.1, -0.05) is 30.3 Å². The average molecular weight is 378 g/mol. The number of guanidine groups is 1. The van der Waals surface area contributed by atoms with Crippen LogP contribution in [0.4, 0.5) is 0 Å². The first kappa shape index (κ1) is 19.5. The lowest BCUT2D eigenvalue weighted by atomic mass is 10.1. The second kappa shape index (κ2) is 9.60. The monoisotopic (exact) mass is 378 g/mol. The molecular formula is C22H26N4O2. The number of benzene rings is 2. The number of ether oxygens (including phenoxy) is 1. The summed E-state index contributed by atoms with van der Waals surface area (Å²) < 4.78 is 6.99. The molecule has 0 spiro atoms. The molecule has 0 saturated carbocycles. The van der Waals surface area contributed by atoms with Gasteiger partial charge in [0.05, 0.1) is 12.7 Å². The van der Waals surface area contributed by atoms with E-state index in [0.29, 0.717) is 12.1 Å². The fourth-order valence-corrected chi connectivity index (χ4v) is 3.07. The maximum Gasteiger partial charge on any atom is 0.337 e. The highest BCUT2D eigenvalue weighted by atomic mass is 16.5. The van der Waals surface area contributed by atoms with Crippen molar-refractivity contribution >= 4 is 22.8 Å². The van der Waals surface area contributed by atoms with E-state index in [9.17, 15) is 4.79 Å². The minimum Gasteiger partial charge on any atom is -0.465 e. The molecular weight excluding hydrogens is 352 g/mol. The van der Waals surface area contributed by atoms with E-state index in [4.69, 9.17) is 4.74 Å². The molecule has 28 heavy (non-hydrogen) atoms. The van der Waals surface area contributed by atoms with Gasteiger partial charge in [-0.05, 0) is 41.6 Å². The van der Waals surface area contributed by atoms with E-state index >= 15 is 0 Å². The number of nitrogens with one attached hydrogen (secondary N) is 2. The summed E-state index contributed by atoms with van der Waals surface area (Å²) in [5, 5.41) is 7.90. The molecule has 6 heteroatoms. The number of para-hydroxylation sites is 1. The summed E-state index contributed by atoms with van der Waals surface area (Å²) in [6, 6.07) is 17.9. The summed E-state index contributed by atoms with van der Waals surface area (Å²) in [4.78, 5) is 15.7. The van der Waals surface area contributed by atoms with E-state index in [2.05, 4.69) is 56.7 Å². The number of aryl methyl sites for hydroxylation is 1. The summed E-state index contributed by atoms with van der Waals surface area (Å²) in [5.41, 5.74) is 2.88. The third-order valence-corrected chi connectivity index (χ3v) is 4.61. The molecule has 3 rings (SSSR count). The minimum absolute atomic E-state index is 0.326. The van der Waals surface area contributed by atoms with Crippen LogP contribution in [0.25, 0.3) is 10.9 Å². The number of aromatic nitrogens is 1. The Balaban J connectivity index is 1.43. The zero-order valence-electron chi connectivity index (χ0n) is 16.3.